The Kier molecular flexibility index (Phi) is 3.93. The van der Waals surface area contributed by atoms with E-state index in [4.69, 9.17) is 0 Å². The molecule has 0 saturated heterocycles. The Balaban J connectivity index is 1.86. The van der Waals surface area contributed by atoms with Gasteiger partial charge in [0.1, 0.15) is 0 Å². The minimum Gasteiger partial charge on any atom is -0.248 e. The fraction of sp³-hybridized carbons (Fsp3) is 0. The lowest BCUT2D eigenvalue weighted by Gasteiger charge is -2.13. The summed E-state index contributed by atoms with van der Waals surface area (Å²) in [5.74, 6) is 0. The van der Waals surface area contributed by atoms with Crippen molar-refractivity contribution in [2.24, 2.45) is 0 Å². The van der Waals surface area contributed by atoms with Crippen LogP contribution in [-0.2, 0) is 0 Å². The molecule has 6 aromatic rings. The van der Waals surface area contributed by atoms with E-state index in [1.54, 1.807) is 24.3 Å². The molecule has 154 valence electrons. The van der Waals surface area contributed by atoms with E-state index in [0.717, 1.165) is 43.6 Å². The van der Waals surface area contributed by atoms with E-state index in [1.807, 2.05) is 48.5 Å². The summed E-state index contributed by atoms with van der Waals surface area (Å²) in [6.45, 7) is 0. The van der Waals surface area contributed by atoms with Gasteiger partial charge in [0, 0.05) is 21.5 Å². The summed E-state index contributed by atoms with van der Waals surface area (Å²) < 4.78 is 4.13. The summed E-state index contributed by atoms with van der Waals surface area (Å²) in [6.07, 6.45) is 0. The Labute approximate surface area is 193 Å². The van der Waals surface area contributed by atoms with E-state index in [-0.39, 0.29) is 0 Å². The topological polar surface area (TPSA) is 105 Å². The van der Waals surface area contributed by atoms with Gasteiger partial charge >= 0.3 is 0 Å². The molecule has 0 spiro atoms. The zero-order chi connectivity index (χ0) is 23.4. The molecule has 0 aliphatic rings. The third-order valence-electron chi connectivity index (χ3n) is 6.20. The minimum absolute atomic E-state index is 0.536. The quantitative estimate of drug-likeness (QED) is 0.332. The van der Waals surface area contributed by atoms with Crippen LogP contribution in [0.3, 0.4) is 0 Å². The van der Waals surface area contributed by atoms with E-state index in [2.05, 4.69) is 33.6 Å². The summed E-state index contributed by atoms with van der Waals surface area (Å²) >= 11 is 0. The molecule has 0 aliphatic heterocycles. The fourth-order valence-corrected chi connectivity index (χ4v) is 4.71. The van der Waals surface area contributed by atoms with Gasteiger partial charge in [-0.25, -0.2) is 9.35 Å². The van der Waals surface area contributed by atoms with Crippen molar-refractivity contribution in [1.82, 2.24) is 9.35 Å². The van der Waals surface area contributed by atoms with Gasteiger partial charge in [-0.3, -0.25) is 0 Å². The van der Waals surface area contributed by atoms with E-state index in [9.17, 15) is 21.0 Å². The van der Waals surface area contributed by atoms with Crippen molar-refractivity contribution in [2.45, 2.75) is 0 Å². The highest BCUT2D eigenvalue weighted by atomic mass is 15.5. The van der Waals surface area contributed by atoms with E-state index >= 15 is 0 Å². The van der Waals surface area contributed by atoms with Gasteiger partial charge < -0.3 is 0 Å². The molecule has 0 atom stereocenters. The van der Waals surface area contributed by atoms with E-state index < -0.39 is 0 Å². The maximum Gasteiger partial charge on any atom is 0.0991 e. The molecular formula is C28H12N6. The van der Waals surface area contributed by atoms with Gasteiger partial charge in [-0.15, -0.1) is 0 Å². The van der Waals surface area contributed by atoms with Gasteiger partial charge in [0.25, 0.3) is 0 Å². The van der Waals surface area contributed by atoms with Gasteiger partial charge in [0.15, 0.2) is 0 Å². The molecule has 6 heteroatoms. The lowest BCUT2D eigenvalue weighted by Crippen LogP contribution is -2.08. The van der Waals surface area contributed by atoms with Gasteiger partial charge in [0.05, 0.1) is 68.6 Å². The normalized spacial score (nSPS) is 10.8. The zero-order valence-electron chi connectivity index (χ0n) is 17.6. The molecule has 6 rings (SSSR count). The van der Waals surface area contributed by atoms with Crippen LogP contribution in [0.15, 0.2) is 72.8 Å². The van der Waals surface area contributed by atoms with Crippen molar-refractivity contribution in [3.05, 3.63) is 95.1 Å². The van der Waals surface area contributed by atoms with Gasteiger partial charge in [0.2, 0.25) is 0 Å². The van der Waals surface area contributed by atoms with Crippen molar-refractivity contribution in [1.29, 1.82) is 21.0 Å². The second-order valence-corrected chi connectivity index (χ2v) is 8.00. The van der Waals surface area contributed by atoms with Gasteiger partial charge in [-0.2, -0.15) is 21.0 Å². The SMILES string of the molecule is N#Cc1ccc2c(c1)c1cc(C#N)ccc1n2-n1c2ccc(C#N)cc2c2cc(C#N)ccc21. The second kappa shape index (κ2) is 6.98. The summed E-state index contributed by atoms with van der Waals surface area (Å²) in [5, 5.41) is 41.4. The highest BCUT2D eigenvalue weighted by Crippen LogP contribution is 2.36. The molecule has 0 amide bonds. The average Bonchev–Trinajstić information content (AvgIpc) is 3.38. The van der Waals surface area contributed by atoms with Crippen molar-refractivity contribution < 1.29 is 0 Å². The smallest absolute Gasteiger partial charge is 0.0991 e. The third kappa shape index (κ3) is 2.52. The predicted molar refractivity (Wildman–Crippen MR) is 129 cm³/mol. The maximum absolute atomic E-state index is 9.48. The number of rotatable bonds is 1. The van der Waals surface area contributed by atoms with Crippen LogP contribution in [0.1, 0.15) is 22.3 Å². The lowest BCUT2D eigenvalue weighted by atomic mass is 10.1. The minimum atomic E-state index is 0.536. The molecule has 0 saturated carbocycles. The number of aromatic nitrogens is 2. The summed E-state index contributed by atoms with van der Waals surface area (Å²) in [4.78, 5) is 0. The third-order valence-corrected chi connectivity index (χ3v) is 6.20. The molecule has 0 fully saturated rings. The predicted octanol–water partition coefficient (Wildman–Crippen LogP) is 5.70. The van der Waals surface area contributed by atoms with Crippen molar-refractivity contribution in [3.8, 4) is 24.3 Å². The first-order valence-corrected chi connectivity index (χ1v) is 10.4. The van der Waals surface area contributed by atoms with Crippen LogP contribution < -0.4 is 0 Å². The average molecular weight is 432 g/mol. The van der Waals surface area contributed by atoms with Crippen LogP contribution >= 0.6 is 0 Å². The van der Waals surface area contributed by atoms with Crippen LogP contribution in [0.2, 0.25) is 0 Å². The van der Waals surface area contributed by atoms with Crippen LogP contribution in [0, 0.1) is 45.3 Å². The summed E-state index contributed by atoms with van der Waals surface area (Å²) in [6, 6.07) is 30.9. The highest BCUT2D eigenvalue weighted by Gasteiger charge is 2.19. The number of nitriles is 4. The van der Waals surface area contributed by atoms with Crippen LogP contribution in [-0.4, -0.2) is 9.35 Å². The van der Waals surface area contributed by atoms with E-state index in [1.165, 1.54) is 0 Å². The first-order chi connectivity index (χ1) is 16.7. The molecule has 0 radical (unpaired) electrons. The molecule has 0 aliphatic carbocycles. The molecule has 6 nitrogen and oxygen atoms in total. The monoisotopic (exact) mass is 432 g/mol. The molecule has 2 heterocycles. The Morgan fingerprint density at radius 2 is 0.618 bits per heavy atom. The van der Waals surface area contributed by atoms with Crippen LogP contribution in [0.25, 0.3) is 43.6 Å². The fourth-order valence-electron chi connectivity index (χ4n) is 4.71. The van der Waals surface area contributed by atoms with Crippen molar-refractivity contribution in [2.75, 3.05) is 0 Å². The number of nitrogens with zero attached hydrogens (tertiary/aromatic N) is 6. The number of hydrogen-bond acceptors (Lipinski definition) is 4. The van der Waals surface area contributed by atoms with E-state index in [0.29, 0.717) is 22.3 Å². The Bertz CT molecular complexity index is 1720. The number of fused-ring (bicyclic) bond motifs is 6. The standard InChI is InChI=1S/C28H12N6/c29-13-17-1-5-25-21(9-17)22-10-18(14-30)2-6-26(22)33(25)34-27-7-3-19(15-31)11-23(27)24-12-20(16-32)4-8-28(24)34/h1-12H. The Hall–Kier alpha value is -5.56. The molecule has 34 heavy (non-hydrogen) atoms. The molecular weight excluding hydrogens is 420 g/mol. The Morgan fingerprint density at radius 3 is 0.824 bits per heavy atom. The lowest BCUT2D eigenvalue weighted by molar-refractivity contribution is 0.774. The second-order valence-electron chi connectivity index (χ2n) is 8.00. The Morgan fingerprint density at radius 1 is 0.382 bits per heavy atom. The number of benzene rings is 4. The van der Waals surface area contributed by atoms with Gasteiger partial charge in [-0.05, 0) is 72.8 Å². The highest BCUT2D eigenvalue weighted by molar-refractivity contribution is 6.12. The maximum atomic E-state index is 9.48. The van der Waals surface area contributed by atoms with Crippen molar-refractivity contribution in [3.63, 3.8) is 0 Å². The van der Waals surface area contributed by atoms with Crippen LogP contribution in [0.4, 0.5) is 0 Å². The summed E-state index contributed by atoms with van der Waals surface area (Å²) in [5.41, 5.74) is 5.63. The van der Waals surface area contributed by atoms with Gasteiger partial charge in [-0.1, -0.05) is 0 Å². The molecule has 4 aromatic carbocycles. The molecule has 0 bridgehead atoms. The molecule has 0 N–H and O–H groups in total. The number of hydrogen-bond donors (Lipinski definition) is 0. The summed E-state index contributed by atoms with van der Waals surface area (Å²) in [7, 11) is 0. The molecule has 2 aromatic heterocycles. The molecule has 0 unspecified atom stereocenters. The van der Waals surface area contributed by atoms with Crippen molar-refractivity contribution >= 4 is 43.6 Å². The largest absolute Gasteiger partial charge is 0.248 e. The zero-order valence-corrected chi connectivity index (χ0v) is 17.6. The first kappa shape index (κ1) is 19.1. The first-order valence-electron chi connectivity index (χ1n) is 10.4. The van der Waals surface area contributed by atoms with Crippen LogP contribution in [0.5, 0.6) is 0 Å².